The van der Waals surface area contributed by atoms with Crippen LogP contribution in [0.2, 0.25) is 5.02 Å². The molecule has 0 saturated carbocycles. The lowest BCUT2D eigenvalue weighted by Crippen LogP contribution is -2.09. The van der Waals surface area contributed by atoms with Gasteiger partial charge in [0.1, 0.15) is 11.3 Å². The van der Waals surface area contributed by atoms with E-state index in [0.717, 1.165) is 5.52 Å². The molecule has 0 unspecified atom stereocenters. The number of carbonyl (C=O) groups excluding carboxylic acids is 1. The number of alkyl halides is 1. The van der Waals surface area contributed by atoms with E-state index in [1.54, 1.807) is 6.07 Å². The van der Waals surface area contributed by atoms with Crippen molar-refractivity contribution in [3.8, 4) is 0 Å². The fraction of sp³-hybridized carbons (Fsp3) is 0.333. The molecule has 0 aliphatic carbocycles. The zero-order valence-corrected chi connectivity index (χ0v) is 11.3. The largest absolute Gasteiger partial charge is 0.469 e. The molecule has 0 N–H and O–H groups in total. The van der Waals surface area contributed by atoms with E-state index in [-0.39, 0.29) is 18.3 Å². The number of nitrogens with zero attached hydrogens (tertiary/aromatic N) is 2. The predicted molar refractivity (Wildman–Crippen MR) is 70.9 cm³/mol. The van der Waals surface area contributed by atoms with Crippen LogP contribution < -0.4 is 0 Å². The maximum Gasteiger partial charge on any atom is 0.307 e. The van der Waals surface area contributed by atoms with Crippen molar-refractivity contribution >= 4 is 40.2 Å². The Hall–Kier alpha value is -1.26. The van der Waals surface area contributed by atoms with Crippen LogP contribution in [0.15, 0.2) is 18.2 Å². The van der Waals surface area contributed by atoms with Gasteiger partial charge in [0.05, 0.1) is 29.9 Å². The fourth-order valence-corrected chi connectivity index (χ4v) is 2.23. The summed E-state index contributed by atoms with van der Waals surface area (Å²) in [7, 11) is 1.37. The molecule has 96 valence electrons. The van der Waals surface area contributed by atoms with Crippen molar-refractivity contribution in [2.24, 2.45) is 0 Å². The number of rotatable bonds is 4. The summed E-state index contributed by atoms with van der Waals surface area (Å²) < 4.78 is 6.52. The van der Waals surface area contributed by atoms with Crippen molar-refractivity contribution in [2.75, 3.05) is 7.11 Å². The van der Waals surface area contributed by atoms with Crippen LogP contribution in [-0.4, -0.2) is 22.6 Å². The van der Waals surface area contributed by atoms with Gasteiger partial charge in [-0.1, -0.05) is 17.7 Å². The average Bonchev–Trinajstić information content (AvgIpc) is 2.75. The van der Waals surface area contributed by atoms with Crippen molar-refractivity contribution in [1.82, 2.24) is 9.55 Å². The van der Waals surface area contributed by atoms with Gasteiger partial charge in [0.15, 0.2) is 0 Å². The van der Waals surface area contributed by atoms with E-state index in [9.17, 15) is 4.79 Å². The highest BCUT2D eigenvalue weighted by molar-refractivity contribution is 6.35. The number of ether oxygens (including phenoxy) is 1. The molecular formula is C12H12Cl2N2O2. The molecule has 0 bridgehead atoms. The molecular weight excluding hydrogens is 275 g/mol. The quantitative estimate of drug-likeness (QED) is 0.641. The number of esters is 1. The zero-order valence-electron chi connectivity index (χ0n) is 9.82. The number of aromatic nitrogens is 2. The normalized spacial score (nSPS) is 10.8. The molecule has 6 heteroatoms. The van der Waals surface area contributed by atoms with Gasteiger partial charge in [0, 0.05) is 6.54 Å². The van der Waals surface area contributed by atoms with Gasteiger partial charge in [-0.3, -0.25) is 4.79 Å². The van der Waals surface area contributed by atoms with Gasteiger partial charge in [0.25, 0.3) is 0 Å². The molecule has 18 heavy (non-hydrogen) atoms. The van der Waals surface area contributed by atoms with Crippen LogP contribution in [0.1, 0.15) is 12.2 Å². The second-order valence-corrected chi connectivity index (χ2v) is 4.42. The number of benzene rings is 1. The summed E-state index contributed by atoms with van der Waals surface area (Å²) in [5.41, 5.74) is 1.58. The third-order valence-electron chi connectivity index (χ3n) is 2.70. The van der Waals surface area contributed by atoms with Crippen molar-refractivity contribution in [3.05, 3.63) is 29.0 Å². The lowest BCUT2D eigenvalue weighted by Gasteiger charge is -2.06. The van der Waals surface area contributed by atoms with E-state index in [2.05, 4.69) is 9.72 Å². The lowest BCUT2D eigenvalue weighted by molar-refractivity contribution is -0.140. The van der Waals surface area contributed by atoms with Crippen LogP contribution in [0, 0.1) is 0 Å². The first-order valence-electron chi connectivity index (χ1n) is 5.43. The fourth-order valence-electron chi connectivity index (χ4n) is 1.82. The van der Waals surface area contributed by atoms with Gasteiger partial charge in [-0.15, -0.1) is 11.6 Å². The number of fused-ring (bicyclic) bond motifs is 1. The Morgan fingerprint density at radius 2 is 2.28 bits per heavy atom. The van der Waals surface area contributed by atoms with Gasteiger partial charge in [-0.05, 0) is 12.1 Å². The highest BCUT2D eigenvalue weighted by atomic mass is 35.5. The van der Waals surface area contributed by atoms with Crippen molar-refractivity contribution in [1.29, 1.82) is 0 Å². The van der Waals surface area contributed by atoms with Crippen LogP contribution in [0.3, 0.4) is 0 Å². The lowest BCUT2D eigenvalue weighted by atomic mass is 10.3. The molecule has 0 atom stereocenters. The molecule has 1 heterocycles. The van der Waals surface area contributed by atoms with Crippen LogP contribution in [0.4, 0.5) is 0 Å². The minimum Gasteiger partial charge on any atom is -0.469 e. The number of aryl methyl sites for hydroxylation is 1. The van der Waals surface area contributed by atoms with E-state index in [4.69, 9.17) is 23.2 Å². The summed E-state index contributed by atoms with van der Waals surface area (Å²) in [6, 6.07) is 5.53. The Morgan fingerprint density at radius 1 is 1.50 bits per heavy atom. The number of hydrogen-bond acceptors (Lipinski definition) is 3. The van der Waals surface area contributed by atoms with E-state index in [1.165, 1.54) is 7.11 Å². The molecule has 2 aromatic rings. The van der Waals surface area contributed by atoms with Crippen LogP contribution in [-0.2, 0) is 22.0 Å². The Bertz CT molecular complexity index is 581. The standard InChI is InChI=1S/C12H12Cl2N2O2/c1-18-11(17)5-6-16-9-4-2-3-8(14)12(9)15-10(16)7-13/h2-4H,5-7H2,1H3. The number of carbonyl (C=O) groups is 1. The van der Waals surface area contributed by atoms with Crippen molar-refractivity contribution in [3.63, 3.8) is 0 Å². The molecule has 0 amide bonds. The van der Waals surface area contributed by atoms with Crippen molar-refractivity contribution in [2.45, 2.75) is 18.8 Å². The number of methoxy groups -OCH3 is 1. The minimum atomic E-state index is -0.264. The summed E-state index contributed by atoms with van der Waals surface area (Å²) in [5, 5.41) is 0.579. The summed E-state index contributed by atoms with van der Waals surface area (Å²) in [6.07, 6.45) is 0.276. The maximum absolute atomic E-state index is 11.2. The first-order chi connectivity index (χ1) is 8.67. The SMILES string of the molecule is COC(=O)CCn1c(CCl)nc2c(Cl)cccc21. The maximum atomic E-state index is 11.2. The predicted octanol–water partition coefficient (Wildman–Crippen LogP) is 2.99. The summed E-state index contributed by atoms with van der Waals surface area (Å²) in [4.78, 5) is 15.6. The highest BCUT2D eigenvalue weighted by Crippen LogP contribution is 2.24. The van der Waals surface area contributed by atoms with E-state index in [1.807, 2.05) is 16.7 Å². The summed E-state index contributed by atoms with van der Waals surface area (Å²) in [5.74, 6) is 0.703. The van der Waals surface area contributed by atoms with Gasteiger partial charge < -0.3 is 9.30 Å². The second kappa shape index (κ2) is 5.59. The first kappa shape index (κ1) is 13.2. The third-order valence-corrected chi connectivity index (χ3v) is 3.24. The molecule has 0 saturated heterocycles. The molecule has 0 aliphatic heterocycles. The third kappa shape index (κ3) is 2.44. The molecule has 2 rings (SSSR count). The number of halogens is 2. The molecule has 4 nitrogen and oxygen atoms in total. The highest BCUT2D eigenvalue weighted by Gasteiger charge is 2.13. The Balaban J connectivity index is 2.41. The summed E-state index contributed by atoms with van der Waals surface area (Å²) in [6.45, 7) is 0.478. The van der Waals surface area contributed by atoms with Gasteiger partial charge in [-0.2, -0.15) is 0 Å². The number of hydrogen-bond donors (Lipinski definition) is 0. The number of para-hydroxylation sites is 1. The molecule has 1 aromatic carbocycles. The van der Waals surface area contributed by atoms with E-state index in [0.29, 0.717) is 22.9 Å². The minimum absolute atomic E-state index is 0.264. The zero-order chi connectivity index (χ0) is 13.1. The van der Waals surface area contributed by atoms with E-state index < -0.39 is 0 Å². The van der Waals surface area contributed by atoms with Crippen LogP contribution in [0.5, 0.6) is 0 Å². The first-order valence-corrected chi connectivity index (χ1v) is 6.35. The van der Waals surface area contributed by atoms with E-state index >= 15 is 0 Å². The van der Waals surface area contributed by atoms with Gasteiger partial charge >= 0.3 is 5.97 Å². The monoisotopic (exact) mass is 286 g/mol. The molecule has 0 fully saturated rings. The van der Waals surface area contributed by atoms with Crippen LogP contribution >= 0.6 is 23.2 Å². The average molecular weight is 287 g/mol. The Morgan fingerprint density at radius 3 is 2.94 bits per heavy atom. The molecule has 0 spiro atoms. The van der Waals surface area contributed by atoms with Gasteiger partial charge in [0.2, 0.25) is 0 Å². The second-order valence-electron chi connectivity index (χ2n) is 3.75. The Kier molecular flexibility index (Phi) is 4.09. The van der Waals surface area contributed by atoms with Crippen LogP contribution in [0.25, 0.3) is 11.0 Å². The van der Waals surface area contributed by atoms with Gasteiger partial charge in [-0.25, -0.2) is 4.98 Å². The smallest absolute Gasteiger partial charge is 0.307 e. The topological polar surface area (TPSA) is 44.1 Å². The molecule has 0 aliphatic rings. The molecule has 1 aromatic heterocycles. The molecule has 0 radical (unpaired) electrons. The Labute approximate surface area is 114 Å². The summed E-state index contributed by atoms with van der Waals surface area (Å²) >= 11 is 11.9. The number of imidazole rings is 1. The van der Waals surface area contributed by atoms with Crippen molar-refractivity contribution < 1.29 is 9.53 Å².